The summed E-state index contributed by atoms with van der Waals surface area (Å²) in [5, 5.41) is 3.43. The zero-order valence-corrected chi connectivity index (χ0v) is 19.9. The molecule has 3 aromatic carbocycles. The Morgan fingerprint density at radius 1 is 1.00 bits per heavy atom. The summed E-state index contributed by atoms with van der Waals surface area (Å²) in [5.74, 6) is 1.13. The highest BCUT2D eigenvalue weighted by atomic mass is 19.4. The molecule has 1 atom stereocenters. The Labute approximate surface area is 203 Å². The highest BCUT2D eigenvalue weighted by Crippen LogP contribution is 2.40. The fourth-order valence-corrected chi connectivity index (χ4v) is 4.36. The molecule has 35 heavy (non-hydrogen) atoms. The third kappa shape index (κ3) is 5.62. The monoisotopic (exact) mass is 483 g/mol. The summed E-state index contributed by atoms with van der Waals surface area (Å²) in [5.41, 5.74) is 3.29. The van der Waals surface area contributed by atoms with E-state index in [-0.39, 0.29) is 11.8 Å². The number of ether oxygens (including phenoxy) is 3. The predicted molar refractivity (Wildman–Crippen MR) is 130 cm³/mol. The molecule has 3 aromatic rings. The van der Waals surface area contributed by atoms with Gasteiger partial charge in [-0.25, -0.2) is 0 Å². The van der Waals surface area contributed by atoms with Crippen LogP contribution >= 0.6 is 0 Å². The van der Waals surface area contributed by atoms with Crippen molar-refractivity contribution in [3.63, 3.8) is 0 Å². The first-order chi connectivity index (χ1) is 16.8. The Kier molecular flexibility index (Phi) is 7.36. The van der Waals surface area contributed by atoms with Gasteiger partial charge in [-0.05, 0) is 65.4 Å². The zero-order chi connectivity index (χ0) is 25.0. The van der Waals surface area contributed by atoms with Crippen LogP contribution in [0.25, 0.3) is 6.08 Å². The molecule has 0 aliphatic carbocycles. The van der Waals surface area contributed by atoms with E-state index in [1.807, 2.05) is 48.5 Å². The highest BCUT2D eigenvalue weighted by Gasteiger charge is 2.35. The van der Waals surface area contributed by atoms with Gasteiger partial charge in [0.05, 0.1) is 25.8 Å². The van der Waals surface area contributed by atoms with Crippen molar-refractivity contribution in [1.82, 2.24) is 5.32 Å². The Hall–Kier alpha value is -3.45. The fourth-order valence-electron chi connectivity index (χ4n) is 4.36. The van der Waals surface area contributed by atoms with E-state index < -0.39 is 11.7 Å². The normalized spacial score (nSPS) is 15.7. The molecule has 1 heterocycles. The molecular weight excluding hydrogens is 455 g/mol. The summed E-state index contributed by atoms with van der Waals surface area (Å²) in [6, 6.07) is 16.5. The molecule has 0 fully saturated rings. The van der Waals surface area contributed by atoms with Crippen LogP contribution in [0.2, 0.25) is 0 Å². The Morgan fingerprint density at radius 3 is 2.46 bits per heavy atom. The quantitative estimate of drug-likeness (QED) is 0.416. The summed E-state index contributed by atoms with van der Waals surface area (Å²) in [6.45, 7) is 2.78. The average molecular weight is 484 g/mol. The lowest BCUT2D eigenvalue weighted by Gasteiger charge is -2.26. The Bertz CT molecular complexity index is 1210. The van der Waals surface area contributed by atoms with Crippen LogP contribution in [0.4, 0.5) is 13.2 Å². The first-order valence-electron chi connectivity index (χ1n) is 11.3. The van der Waals surface area contributed by atoms with Gasteiger partial charge in [0.15, 0.2) is 11.5 Å². The van der Waals surface area contributed by atoms with Crippen molar-refractivity contribution in [3.05, 3.63) is 94.1 Å². The molecule has 4 nitrogen and oxygen atoms in total. The number of benzene rings is 3. The van der Waals surface area contributed by atoms with Gasteiger partial charge in [0.2, 0.25) is 0 Å². The maximum atomic E-state index is 13.5. The summed E-state index contributed by atoms with van der Waals surface area (Å²) < 4.78 is 57.2. The Balaban J connectivity index is 1.60. The molecule has 0 bridgehead atoms. The third-order valence-electron chi connectivity index (χ3n) is 6.04. The van der Waals surface area contributed by atoms with Crippen molar-refractivity contribution in [2.24, 2.45) is 0 Å². The van der Waals surface area contributed by atoms with Gasteiger partial charge in [-0.3, -0.25) is 0 Å². The molecule has 0 aromatic heterocycles. The standard InChI is InChI=1S/C28H28F3NO3/c1-18-13-20(14-23(27(18)34-3)28(29,30)31)9-10-24-22-16-25(33-2)26(15-21(22)11-12-32-24)35-17-19-7-5-4-6-8-19/h4-10,13-16,24,32H,11-12,17H2,1-3H3/b10-9+. The van der Waals surface area contributed by atoms with Crippen LogP contribution in [0, 0.1) is 6.92 Å². The Morgan fingerprint density at radius 2 is 1.77 bits per heavy atom. The summed E-state index contributed by atoms with van der Waals surface area (Å²) in [6.07, 6.45) is -0.103. The van der Waals surface area contributed by atoms with Gasteiger partial charge in [0.1, 0.15) is 12.4 Å². The smallest absolute Gasteiger partial charge is 0.419 e. The second kappa shape index (κ2) is 10.4. The van der Waals surface area contributed by atoms with Crippen LogP contribution < -0.4 is 19.5 Å². The molecule has 184 valence electrons. The van der Waals surface area contributed by atoms with Crippen LogP contribution in [0.15, 0.2) is 60.7 Å². The van der Waals surface area contributed by atoms with Gasteiger partial charge in [0.25, 0.3) is 0 Å². The van der Waals surface area contributed by atoms with Crippen molar-refractivity contribution >= 4 is 6.08 Å². The molecule has 1 N–H and O–H groups in total. The van der Waals surface area contributed by atoms with Gasteiger partial charge >= 0.3 is 6.18 Å². The highest BCUT2D eigenvalue weighted by molar-refractivity contribution is 5.59. The SMILES string of the molecule is COc1cc2c(cc1OCc1ccccc1)CCNC2/C=C/c1cc(C)c(OC)c(C(F)(F)F)c1. The van der Waals surface area contributed by atoms with Crippen LogP contribution in [0.5, 0.6) is 17.2 Å². The first-order valence-corrected chi connectivity index (χ1v) is 11.3. The predicted octanol–water partition coefficient (Wildman–Crippen LogP) is 6.51. The van der Waals surface area contributed by atoms with E-state index in [2.05, 4.69) is 5.32 Å². The van der Waals surface area contributed by atoms with Gasteiger partial charge in [-0.1, -0.05) is 42.5 Å². The number of rotatable bonds is 7. The number of fused-ring (bicyclic) bond motifs is 1. The molecular formula is C28H28F3NO3. The molecule has 0 radical (unpaired) electrons. The molecule has 1 unspecified atom stereocenters. The van der Waals surface area contributed by atoms with Gasteiger partial charge in [-0.2, -0.15) is 13.2 Å². The number of halogens is 3. The van der Waals surface area contributed by atoms with E-state index in [0.29, 0.717) is 29.2 Å². The van der Waals surface area contributed by atoms with Crippen LogP contribution in [-0.4, -0.2) is 20.8 Å². The number of alkyl halides is 3. The van der Waals surface area contributed by atoms with Crippen molar-refractivity contribution in [1.29, 1.82) is 0 Å². The molecule has 4 rings (SSSR count). The van der Waals surface area contributed by atoms with E-state index in [1.165, 1.54) is 7.11 Å². The maximum absolute atomic E-state index is 13.5. The van der Waals surface area contributed by atoms with E-state index in [0.717, 1.165) is 35.7 Å². The maximum Gasteiger partial charge on any atom is 0.419 e. The van der Waals surface area contributed by atoms with E-state index in [9.17, 15) is 13.2 Å². The van der Waals surface area contributed by atoms with Crippen molar-refractivity contribution in [2.45, 2.75) is 32.2 Å². The van der Waals surface area contributed by atoms with Crippen LogP contribution in [-0.2, 0) is 19.2 Å². The van der Waals surface area contributed by atoms with Crippen molar-refractivity contribution in [3.8, 4) is 17.2 Å². The topological polar surface area (TPSA) is 39.7 Å². The molecule has 0 saturated carbocycles. The van der Waals surface area contributed by atoms with Crippen molar-refractivity contribution < 1.29 is 27.4 Å². The van der Waals surface area contributed by atoms with E-state index >= 15 is 0 Å². The molecule has 7 heteroatoms. The number of methoxy groups -OCH3 is 2. The largest absolute Gasteiger partial charge is 0.496 e. The molecule has 1 aliphatic heterocycles. The summed E-state index contributed by atoms with van der Waals surface area (Å²) >= 11 is 0. The van der Waals surface area contributed by atoms with E-state index in [4.69, 9.17) is 14.2 Å². The van der Waals surface area contributed by atoms with Crippen LogP contribution in [0.3, 0.4) is 0 Å². The van der Waals surface area contributed by atoms with Gasteiger partial charge in [0, 0.05) is 6.54 Å². The van der Waals surface area contributed by atoms with Crippen molar-refractivity contribution in [2.75, 3.05) is 20.8 Å². The van der Waals surface area contributed by atoms with Gasteiger partial charge < -0.3 is 19.5 Å². The second-order valence-corrected chi connectivity index (χ2v) is 8.43. The third-order valence-corrected chi connectivity index (χ3v) is 6.04. The minimum absolute atomic E-state index is 0.149. The molecule has 0 spiro atoms. The number of nitrogens with one attached hydrogen (secondary N) is 1. The van der Waals surface area contributed by atoms with Gasteiger partial charge in [-0.15, -0.1) is 0 Å². The molecule has 0 saturated heterocycles. The molecule has 1 aliphatic rings. The lowest BCUT2D eigenvalue weighted by molar-refractivity contribution is -0.138. The molecule has 0 amide bonds. The average Bonchev–Trinajstić information content (AvgIpc) is 2.85. The minimum Gasteiger partial charge on any atom is -0.496 e. The van der Waals surface area contributed by atoms with Crippen LogP contribution in [0.1, 0.15) is 39.4 Å². The number of hydrogen-bond donors (Lipinski definition) is 1. The first kappa shape index (κ1) is 24.7. The summed E-state index contributed by atoms with van der Waals surface area (Å²) in [7, 11) is 2.85. The number of aryl methyl sites for hydroxylation is 1. The fraction of sp³-hybridized carbons (Fsp3) is 0.286. The zero-order valence-electron chi connectivity index (χ0n) is 19.9. The van der Waals surface area contributed by atoms with E-state index in [1.54, 1.807) is 26.2 Å². The second-order valence-electron chi connectivity index (χ2n) is 8.43. The number of hydrogen-bond acceptors (Lipinski definition) is 4. The lowest BCUT2D eigenvalue weighted by atomic mass is 9.92. The summed E-state index contributed by atoms with van der Waals surface area (Å²) in [4.78, 5) is 0. The minimum atomic E-state index is -4.50. The lowest BCUT2D eigenvalue weighted by Crippen LogP contribution is -2.28.